The maximum atomic E-state index is 12.7. The molecule has 1 amide bonds. The van der Waals surface area contributed by atoms with E-state index in [0.717, 1.165) is 11.1 Å². The monoisotopic (exact) mass is 438 g/mol. The summed E-state index contributed by atoms with van der Waals surface area (Å²) in [7, 11) is -3.74. The Labute approximate surface area is 183 Å². The van der Waals surface area contributed by atoms with Crippen LogP contribution < -0.4 is 14.8 Å². The predicted molar refractivity (Wildman–Crippen MR) is 123 cm³/mol. The summed E-state index contributed by atoms with van der Waals surface area (Å²) in [5.74, 6) is 0.318. The van der Waals surface area contributed by atoms with Crippen LogP contribution in [0.25, 0.3) is 0 Å². The summed E-state index contributed by atoms with van der Waals surface area (Å²) in [6, 6.07) is 20.5. The Morgan fingerprint density at radius 2 is 1.55 bits per heavy atom. The Bertz CT molecular complexity index is 1140. The first kappa shape index (κ1) is 22.4. The third-order valence-electron chi connectivity index (χ3n) is 4.88. The molecule has 162 valence electrons. The number of ether oxygens (including phenoxy) is 1. The lowest BCUT2D eigenvalue weighted by atomic mass is 10.1. The van der Waals surface area contributed by atoms with E-state index in [2.05, 4.69) is 10.0 Å². The highest BCUT2D eigenvalue weighted by Gasteiger charge is 2.19. The van der Waals surface area contributed by atoms with Gasteiger partial charge in [-0.05, 0) is 79.9 Å². The summed E-state index contributed by atoms with van der Waals surface area (Å²) in [4.78, 5) is 12.7. The van der Waals surface area contributed by atoms with Crippen LogP contribution in [0.1, 0.15) is 24.5 Å². The minimum Gasteiger partial charge on any atom is -0.481 e. The van der Waals surface area contributed by atoms with Crippen molar-refractivity contribution in [2.45, 2.75) is 38.2 Å². The van der Waals surface area contributed by atoms with E-state index in [0.29, 0.717) is 23.5 Å². The average molecular weight is 439 g/mol. The molecule has 0 aliphatic heterocycles. The van der Waals surface area contributed by atoms with E-state index in [4.69, 9.17) is 4.74 Å². The molecule has 0 bridgehead atoms. The van der Waals surface area contributed by atoms with E-state index in [9.17, 15) is 13.2 Å². The van der Waals surface area contributed by atoms with Gasteiger partial charge in [0, 0.05) is 11.4 Å². The highest BCUT2D eigenvalue weighted by Crippen LogP contribution is 2.21. The zero-order chi connectivity index (χ0) is 22.4. The average Bonchev–Trinajstić information content (AvgIpc) is 2.75. The molecule has 0 spiro atoms. The molecule has 3 aromatic carbocycles. The summed E-state index contributed by atoms with van der Waals surface area (Å²) >= 11 is 0. The minimum absolute atomic E-state index is 0.108. The first-order valence-electron chi connectivity index (χ1n) is 10.0. The van der Waals surface area contributed by atoms with Crippen LogP contribution in [0.4, 0.5) is 11.4 Å². The standard InChI is InChI=1S/C24H26N2O4S/c1-4-23(30-21-8-6-5-7-9-21)24(27)25-19-12-14-22(15-13-19)31(28,29)26-20-11-10-17(2)18(3)16-20/h5-16,23,26H,4H2,1-3H3,(H,25,27)/t23-/m1/s1. The van der Waals surface area contributed by atoms with E-state index in [-0.39, 0.29) is 10.8 Å². The second kappa shape index (κ2) is 9.66. The normalized spacial score (nSPS) is 12.1. The number of rotatable bonds is 8. The Morgan fingerprint density at radius 3 is 2.16 bits per heavy atom. The van der Waals surface area contributed by atoms with Gasteiger partial charge in [-0.2, -0.15) is 0 Å². The maximum absolute atomic E-state index is 12.7. The molecule has 0 fully saturated rings. The van der Waals surface area contributed by atoms with Gasteiger partial charge in [-0.25, -0.2) is 8.42 Å². The number of carbonyl (C=O) groups is 1. The first-order chi connectivity index (χ1) is 14.8. The highest BCUT2D eigenvalue weighted by molar-refractivity contribution is 7.92. The van der Waals surface area contributed by atoms with Crippen LogP contribution in [-0.2, 0) is 14.8 Å². The van der Waals surface area contributed by atoms with Gasteiger partial charge in [0.15, 0.2) is 6.10 Å². The fourth-order valence-corrected chi connectivity index (χ4v) is 3.99. The van der Waals surface area contributed by atoms with Gasteiger partial charge < -0.3 is 10.1 Å². The SMILES string of the molecule is CC[C@@H](Oc1ccccc1)C(=O)Nc1ccc(S(=O)(=O)Nc2ccc(C)c(C)c2)cc1. The molecule has 0 aliphatic rings. The van der Waals surface area contributed by atoms with Gasteiger partial charge >= 0.3 is 0 Å². The number of sulfonamides is 1. The van der Waals surface area contributed by atoms with Crippen molar-refractivity contribution < 1.29 is 17.9 Å². The van der Waals surface area contributed by atoms with Gasteiger partial charge in [0.2, 0.25) is 0 Å². The fraction of sp³-hybridized carbons (Fsp3) is 0.208. The molecule has 3 aromatic rings. The Kier molecular flexibility index (Phi) is 6.97. The van der Waals surface area contributed by atoms with E-state index in [1.54, 1.807) is 36.4 Å². The Morgan fingerprint density at radius 1 is 0.903 bits per heavy atom. The lowest BCUT2D eigenvalue weighted by Crippen LogP contribution is -2.32. The topological polar surface area (TPSA) is 84.5 Å². The summed E-state index contributed by atoms with van der Waals surface area (Å²) in [6.45, 7) is 5.76. The number of anilines is 2. The summed E-state index contributed by atoms with van der Waals surface area (Å²) in [6.07, 6.45) is -0.162. The van der Waals surface area contributed by atoms with E-state index >= 15 is 0 Å². The number of aryl methyl sites for hydroxylation is 2. The number of benzene rings is 3. The molecule has 31 heavy (non-hydrogen) atoms. The van der Waals surface area contributed by atoms with Gasteiger partial charge in [-0.3, -0.25) is 9.52 Å². The van der Waals surface area contributed by atoms with Crippen LogP contribution in [0.3, 0.4) is 0 Å². The lowest BCUT2D eigenvalue weighted by Gasteiger charge is -2.17. The Balaban J connectivity index is 1.67. The molecule has 0 radical (unpaired) electrons. The van der Waals surface area contributed by atoms with Crippen LogP contribution >= 0.6 is 0 Å². The largest absolute Gasteiger partial charge is 0.481 e. The van der Waals surface area contributed by atoms with E-state index in [1.807, 2.05) is 45.0 Å². The number of nitrogens with one attached hydrogen (secondary N) is 2. The minimum atomic E-state index is -3.74. The van der Waals surface area contributed by atoms with Crippen molar-refractivity contribution in [2.24, 2.45) is 0 Å². The number of hydrogen-bond donors (Lipinski definition) is 2. The molecule has 0 unspecified atom stereocenters. The van der Waals surface area contributed by atoms with Gasteiger partial charge in [0.1, 0.15) is 5.75 Å². The number of hydrogen-bond acceptors (Lipinski definition) is 4. The van der Waals surface area contributed by atoms with E-state index < -0.39 is 16.1 Å². The highest BCUT2D eigenvalue weighted by atomic mass is 32.2. The molecule has 0 saturated heterocycles. The van der Waals surface area contributed by atoms with Crippen LogP contribution in [0.5, 0.6) is 5.75 Å². The molecule has 0 aromatic heterocycles. The quantitative estimate of drug-likeness (QED) is 0.524. The summed E-state index contributed by atoms with van der Waals surface area (Å²) < 4.78 is 33.7. The van der Waals surface area contributed by atoms with Crippen LogP contribution in [-0.4, -0.2) is 20.4 Å². The van der Waals surface area contributed by atoms with Crippen LogP contribution in [0.15, 0.2) is 77.7 Å². The van der Waals surface area contributed by atoms with E-state index in [1.165, 1.54) is 12.1 Å². The third kappa shape index (κ3) is 5.86. The molecular formula is C24H26N2O4S. The molecule has 2 N–H and O–H groups in total. The van der Waals surface area contributed by atoms with Gasteiger partial charge in [-0.15, -0.1) is 0 Å². The van der Waals surface area contributed by atoms with Crippen molar-refractivity contribution in [1.29, 1.82) is 0 Å². The van der Waals surface area contributed by atoms with Crippen LogP contribution in [0, 0.1) is 13.8 Å². The lowest BCUT2D eigenvalue weighted by molar-refractivity contribution is -0.122. The molecule has 0 heterocycles. The third-order valence-corrected chi connectivity index (χ3v) is 6.27. The Hall–Kier alpha value is -3.32. The number of amides is 1. The molecule has 0 aliphatic carbocycles. The molecule has 0 saturated carbocycles. The van der Waals surface area contributed by atoms with Gasteiger partial charge in [-0.1, -0.05) is 31.2 Å². The predicted octanol–water partition coefficient (Wildman–Crippen LogP) is 4.90. The number of para-hydroxylation sites is 1. The first-order valence-corrected chi connectivity index (χ1v) is 11.5. The molecule has 6 nitrogen and oxygen atoms in total. The van der Waals surface area contributed by atoms with Crippen LogP contribution in [0.2, 0.25) is 0 Å². The zero-order valence-electron chi connectivity index (χ0n) is 17.8. The van der Waals surface area contributed by atoms with Crippen molar-refractivity contribution in [1.82, 2.24) is 0 Å². The second-order valence-corrected chi connectivity index (χ2v) is 8.93. The molecule has 3 rings (SSSR count). The van der Waals surface area contributed by atoms with Crippen molar-refractivity contribution >= 4 is 27.3 Å². The molecular weight excluding hydrogens is 412 g/mol. The number of carbonyl (C=O) groups excluding carboxylic acids is 1. The smallest absolute Gasteiger partial charge is 0.265 e. The van der Waals surface area contributed by atoms with Gasteiger partial charge in [0.05, 0.1) is 4.90 Å². The van der Waals surface area contributed by atoms with Gasteiger partial charge in [0.25, 0.3) is 15.9 Å². The second-order valence-electron chi connectivity index (χ2n) is 7.25. The zero-order valence-corrected chi connectivity index (χ0v) is 18.6. The summed E-state index contributed by atoms with van der Waals surface area (Å²) in [5.41, 5.74) is 3.08. The van der Waals surface area contributed by atoms with Crippen molar-refractivity contribution in [2.75, 3.05) is 10.0 Å². The summed E-state index contributed by atoms with van der Waals surface area (Å²) in [5, 5.41) is 2.78. The van der Waals surface area contributed by atoms with Crippen molar-refractivity contribution in [3.63, 3.8) is 0 Å². The molecule has 7 heteroatoms. The van der Waals surface area contributed by atoms with Crippen molar-refractivity contribution in [3.8, 4) is 5.75 Å². The fourth-order valence-electron chi connectivity index (χ4n) is 2.94. The molecule has 1 atom stereocenters. The maximum Gasteiger partial charge on any atom is 0.265 e. The van der Waals surface area contributed by atoms with Crippen molar-refractivity contribution in [3.05, 3.63) is 83.9 Å².